The van der Waals surface area contributed by atoms with Gasteiger partial charge in [-0.25, -0.2) is 4.68 Å². The van der Waals surface area contributed by atoms with E-state index in [2.05, 4.69) is 25.3 Å². The van der Waals surface area contributed by atoms with Gasteiger partial charge < -0.3 is 14.5 Å². The Morgan fingerprint density at radius 3 is 2.71 bits per heavy atom. The Morgan fingerprint density at radius 2 is 1.94 bits per heavy atom. The fourth-order valence-corrected chi connectivity index (χ4v) is 6.14. The van der Waals surface area contributed by atoms with Gasteiger partial charge in [-0.3, -0.25) is 4.79 Å². The third-order valence-corrected chi connectivity index (χ3v) is 7.80. The number of carbonyl (C=O) groups is 1. The van der Waals surface area contributed by atoms with Gasteiger partial charge in [-0.2, -0.15) is 0 Å². The second-order valence-electron chi connectivity index (χ2n) is 9.88. The maximum Gasteiger partial charge on any atom is 0.225 e. The summed E-state index contributed by atoms with van der Waals surface area (Å²) in [5, 5.41) is 11.5. The lowest BCUT2D eigenvalue weighted by atomic mass is 9.80. The Balaban J connectivity index is 1.33. The van der Waals surface area contributed by atoms with Crippen molar-refractivity contribution in [2.45, 2.75) is 76.8 Å². The molecule has 1 aromatic heterocycles. The molecule has 3 fully saturated rings. The van der Waals surface area contributed by atoms with Gasteiger partial charge in [-0.05, 0) is 93.1 Å². The van der Waals surface area contributed by atoms with Crippen LogP contribution in [0.1, 0.15) is 64.2 Å². The van der Waals surface area contributed by atoms with E-state index >= 15 is 0 Å². The normalized spacial score (nSPS) is 29.5. The molecule has 8 nitrogen and oxygen atoms in total. The van der Waals surface area contributed by atoms with Crippen molar-refractivity contribution < 1.29 is 9.53 Å². The van der Waals surface area contributed by atoms with E-state index in [9.17, 15) is 4.79 Å². The fourth-order valence-electron chi connectivity index (χ4n) is 6.14. The lowest BCUT2D eigenvalue weighted by Gasteiger charge is -2.46. The van der Waals surface area contributed by atoms with Crippen LogP contribution < -0.4 is 0 Å². The van der Waals surface area contributed by atoms with Gasteiger partial charge in [0.15, 0.2) is 0 Å². The highest BCUT2D eigenvalue weighted by molar-refractivity contribution is 5.79. The van der Waals surface area contributed by atoms with Crippen LogP contribution in [0, 0.1) is 17.8 Å². The number of methoxy groups -OCH3 is 1. The van der Waals surface area contributed by atoms with Crippen molar-refractivity contribution in [2.24, 2.45) is 17.8 Å². The Bertz CT molecular complexity index is 659. The summed E-state index contributed by atoms with van der Waals surface area (Å²) in [6.45, 7) is 5.87. The number of piperidine rings is 2. The molecule has 3 heterocycles. The standard InChI is InChI=1S/C23H40N6O2/c1-31-15-5-14-28(17-21-6-4-13-27-12-3-2-7-22(21)27)23(30)20-10-8-19(9-11-20)16-29-18-24-25-26-29/h18-22H,2-17H2,1H3/t19?,20?,21-,22+/m1/s1. The number of carbonyl (C=O) groups excluding carboxylic acids is 1. The van der Waals surface area contributed by atoms with Gasteiger partial charge in [-0.1, -0.05) is 6.42 Å². The highest BCUT2D eigenvalue weighted by Gasteiger charge is 2.36. The van der Waals surface area contributed by atoms with E-state index in [0.29, 0.717) is 23.8 Å². The summed E-state index contributed by atoms with van der Waals surface area (Å²) in [5.74, 6) is 1.78. The minimum atomic E-state index is 0.179. The molecule has 0 radical (unpaired) electrons. The zero-order chi connectivity index (χ0) is 21.5. The molecule has 1 amide bonds. The first-order valence-electron chi connectivity index (χ1n) is 12.5. The first-order chi connectivity index (χ1) is 15.2. The van der Waals surface area contributed by atoms with E-state index in [0.717, 1.165) is 58.3 Å². The molecular formula is C23H40N6O2. The zero-order valence-corrected chi connectivity index (χ0v) is 19.2. The molecule has 2 saturated heterocycles. The molecule has 174 valence electrons. The van der Waals surface area contributed by atoms with Gasteiger partial charge in [-0.15, -0.1) is 5.10 Å². The lowest BCUT2D eigenvalue weighted by molar-refractivity contribution is -0.138. The molecule has 0 spiro atoms. The summed E-state index contributed by atoms with van der Waals surface area (Å²) in [6.07, 6.45) is 13.3. The third kappa shape index (κ3) is 6.04. The zero-order valence-electron chi connectivity index (χ0n) is 19.2. The van der Waals surface area contributed by atoms with Crippen LogP contribution in [0.25, 0.3) is 0 Å². The topological polar surface area (TPSA) is 76.4 Å². The first-order valence-corrected chi connectivity index (χ1v) is 12.5. The summed E-state index contributed by atoms with van der Waals surface area (Å²) in [4.78, 5) is 18.5. The van der Waals surface area contributed by atoms with E-state index in [4.69, 9.17) is 4.74 Å². The van der Waals surface area contributed by atoms with Crippen molar-refractivity contribution in [3.8, 4) is 0 Å². The van der Waals surface area contributed by atoms with Crippen LogP contribution in [0.3, 0.4) is 0 Å². The van der Waals surface area contributed by atoms with E-state index in [-0.39, 0.29) is 5.92 Å². The molecule has 4 rings (SSSR count). The van der Waals surface area contributed by atoms with Gasteiger partial charge in [0.1, 0.15) is 6.33 Å². The van der Waals surface area contributed by atoms with Crippen LogP contribution in [0.15, 0.2) is 6.33 Å². The van der Waals surface area contributed by atoms with Crippen molar-refractivity contribution in [2.75, 3.05) is 39.9 Å². The quantitative estimate of drug-likeness (QED) is 0.558. The van der Waals surface area contributed by atoms with Crippen LogP contribution in [-0.2, 0) is 16.1 Å². The third-order valence-electron chi connectivity index (χ3n) is 7.80. The fraction of sp³-hybridized carbons (Fsp3) is 0.913. The Kier molecular flexibility index (Phi) is 8.30. The van der Waals surface area contributed by atoms with Crippen molar-refractivity contribution in [3.05, 3.63) is 6.33 Å². The van der Waals surface area contributed by atoms with Crippen molar-refractivity contribution in [3.63, 3.8) is 0 Å². The molecule has 2 atom stereocenters. The number of hydrogen-bond donors (Lipinski definition) is 0. The molecule has 0 aromatic carbocycles. The molecule has 8 heteroatoms. The number of ether oxygens (including phenoxy) is 1. The largest absolute Gasteiger partial charge is 0.385 e. The van der Waals surface area contributed by atoms with Crippen molar-refractivity contribution >= 4 is 5.91 Å². The van der Waals surface area contributed by atoms with Gasteiger partial charge in [0.2, 0.25) is 5.91 Å². The second kappa shape index (κ2) is 11.4. The highest BCUT2D eigenvalue weighted by atomic mass is 16.5. The molecule has 0 N–H and O–H groups in total. The predicted molar refractivity (Wildman–Crippen MR) is 118 cm³/mol. The van der Waals surface area contributed by atoms with Crippen LogP contribution in [0.5, 0.6) is 0 Å². The van der Waals surface area contributed by atoms with Gasteiger partial charge in [0, 0.05) is 45.3 Å². The summed E-state index contributed by atoms with van der Waals surface area (Å²) in [5.41, 5.74) is 0. The molecule has 1 aromatic rings. The Labute approximate surface area is 186 Å². The average Bonchev–Trinajstić information content (AvgIpc) is 3.32. The molecule has 2 aliphatic heterocycles. The Hall–Kier alpha value is -1.54. The lowest BCUT2D eigenvalue weighted by Crippen LogP contribution is -2.52. The van der Waals surface area contributed by atoms with Crippen LogP contribution in [-0.4, -0.2) is 81.9 Å². The number of tetrazole rings is 1. The average molecular weight is 433 g/mol. The summed E-state index contributed by atoms with van der Waals surface area (Å²) >= 11 is 0. The summed E-state index contributed by atoms with van der Waals surface area (Å²) < 4.78 is 7.11. The highest BCUT2D eigenvalue weighted by Crippen LogP contribution is 2.34. The van der Waals surface area contributed by atoms with Gasteiger partial charge in [0.05, 0.1) is 0 Å². The van der Waals surface area contributed by atoms with E-state index in [1.54, 1.807) is 13.4 Å². The summed E-state index contributed by atoms with van der Waals surface area (Å²) in [7, 11) is 1.75. The molecular weight excluding hydrogens is 392 g/mol. The number of nitrogens with zero attached hydrogens (tertiary/aromatic N) is 6. The second-order valence-corrected chi connectivity index (χ2v) is 9.88. The number of fused-ring (bicyclic) bond motifs is 1. The SMILES string of the molecule is COCCCN(C[C@H]1CCCN2CCCC[C@@H]12)C(=O)C1CCC(Cn2cnnn2)CC1. The van der Waals surface area contributed by atoms with Crippen molar-refractivity contribution in [1.82, 2.24) is 30.0 Å². The smallest absolute Gasteiger partial charge is 0.225 e. The number of hydrogen-bond acceptors (Lipinski definition) is 6. The summed E-state index contributed by atoms with van der Waals surface area (Å²) in [6, 6.07) is 0.687. The predicted octanol–water partition coefficient (Wildman–Crippen LogP) is 2.61. The van der Waals surface area contributed by atoms with E-state index < -0.39 is 0 Å². The van der Waals surface area contributed by atoms with E-state index in [1.165, 1.54) is 45.2 Å². The minimum absolute atomic E-state index is 0.179. The van der Waals surface area contributed by atoms with Gasteiger partial charge in [0.25, 0.3) is 0 Å². The van der Waals surface area contributed by atoms with Crippen molar-refractivity contribution in [1.29, 1.82) is 0 Å². The molecule has 1 saturated carbocycles. The Morgan fingerprint density at radius 1 is 1.10 bits per heavy atom. The molecule has 31 heavy (non-hydrogen) atoms. The maximum absolute atomic E-state index is 13.6. The number of amides is 1. The van der Waals surface area contributed by atoms with Crippen LogP contribution in [0.4, 0.5) is 0 Å². The number of rotatable bonds is 9. The molecule has 0 unspecified atom stereocenters. The maximum atomic E-state index is 13.6. The molecule has 3 aliphatic rings. The monoisotopic (exact) mass is 432 g/mol. The van der Waals surface area contributed by atoms with Crippen LogP contribution >= 0.6 is 0 Å². The first kappa shape index (κ1) is 22.6. The molecule has 0 bridgehead atoms. The number of aromatic nitrogens is 4. The molecule has 1 aliphatic carbocycles. The van der Waals surface area contributed by atoms with E-state index in [1.807, 2.05) is 4.68 Å². The van der Waals surface area contributed by atoms with Crippen LogP contribution in [0.2, 0.25) is 0 Å². The minimum Gasteiger partial charge on any atom is -0.385 e. The van der Waals surface area contributed by atoms with Gasteiger partial charge >= 0.3 is 0 Å².